The quantitative estimate of drug-likeness (QED) is 0.281. The van der Waals surface area contributed by atoms with Crippen LogP contribution in [-0.2, 0) is 17.9 Å². The van der Waals surface area contributed by atoms with E-state index in [9.17, 15) is 8.78 Å². The number of anilines is 2. The van der Waals surface area contributed by atoms with Crippen LogP contribution in [0.15, 0.2) is 53.4 Å². The number of piperazine rings is 1. The van der Waals surface area contributed by atoms with E-state index in [1.165, 1.54) is 28.9 Å². The molecule has 0 aliphatic carbocycles. The fourth-order valence-corrected chi connectivity index (χ4v) is 5.27. The molecule has 0 spiro atoms. The lowest BCUT2D eigenvalue weighted by Crippen LogP contribution is -2.47. The van der Waals surface area contributed by atoms with Crippen molar-refractivity contribution in [1.29, 1.82) is 0 Å². The van der Waals surface area contributed by atoms with E-state index in [0.29, 0.717) is 60.1 Å². The third kappa shape index (κ3) is 5.02. The average molecular weight is 588 g/mol. The van der Waals surface area contributed by atoms with Gasteiger partial charge in [-0.1, -0.05) is 0 Å². The number of benzene rings is 1. The van der Waals surface area contributed by atoms with Crippen molar-refractivity contribution in [2.75, 3.05) is 50.5 Å². The molecule has 0 amide bonds. The molecule has 2 N–H and O–H groups in total. The molecule has 0 unspecified atom stereocenters. The summed E-state index contributed by atoms with van der Waals surface area (Å²) < 4.78 is 42.8. The highest BCUT2D eigenvalue weighted by Gasteiger charge is 2.22. The maximum absolute atomic E-state index is 14.9. The highest BCUT2D eigenvalue weighted by Crippen LogP contribution is 2.28. The predicted molar refractivity (Wildman–Crippen MR) is 153 cm³/mol. The van der Waals surface area contributed by atoms with Gasteiger partial charge in [0.25, 0.3) is 0 Å². The fourth-order valence-electron chi connectivity index (χ4n) is 5.27. The molecular formula is C28H27F2N11O2. The summed E-state index contributed by atoms with van der Waals surface area (Å²) in [7, 11) is 1.57. The Balaban J connectivity index is 1.03. The van der Waals surface area contributed by atoms with Crippen molar-refractivity contribution < 1.29 is 17.9 Å². The Kier molecular flexibility index (Phi) is 6.87. The van der Waals surface area contributed by atoms with Crippen molar-refractivity contribution >= 4 is 28.3 Å². The highest BCUT2D eigenvalue weighted by molar-refractivity contribution is 5.90. The Morgan fingerprint density at radius 1 is 1.00 bits per heavy atom. The molecule has 1 aliphatic heterocycles. The third-order valence-corrected chi connectivity index (χ3v) is 7.47. The topological polar surface area (TPSA) is 142 Å². The van der Waals surface area contributed by atoms with Crippen molar-refractivity contribution in [2.24, 2.45) is 0 Å². The number of ether oxygens (including phenoxy) is 1. The number of halogens is 2. The molecule has 1 aliphatic rings. The lowest BCUT2D eigenvalue weighted by molar-refractivity contribution is 0.159. The number of rotatable bonds is 8. The van der Waals surface area contributed by atoms with Crippen LogP contribution in [0, 0.1) is 11.6 Å². The molecule has 0 saturated carbocycles. The molecule has 0 atom stereocenters. The van der Waals surface area contributed by atoms with Crippen LogP contribution in [0.4, 0.5) is 20.4 Å². The van der Waals surface area contributed by atoms with Crippen LogP contribution in [0.25, 0.3) is 39.5 Å². The Hall–Kier alpha value is -5.02. The summed E-state index contributed by atoms with van der Waals surface area (Å²) in [6.07, 6.45) is 4.69. The smallest absolute Gasteiger partial charge is 0.225 e. The van der Waals surface area contributed by atoms with Gasteiger partial charge in [0.05, 0.1) is 23.8 Å². The number of hydrogen-bond acceptors (Lipinski definition) is 11. The van der Waals surface area contributed by atoms with E-state index in [0.717, 1.165) is 18.7 Å². The van der Waals surface area contributed by atoms with Crippen LogP contribution in [0.2, 0.25) is 0 Å². The number of methoxy groups -OCH3 is 1. The van der Waals surface area contributed by atoms with Gasteiger partial charge in [-0.15, -0.1) is 5.10 Å². The molecule has 1 fully saturated rings. The number of pyridine rings is 1. The maximum Gasteiger partial charge on any atom is 0.225 e. The van der Waals surface area contributed by atoms with E-state index in [2.05, 4.69) is 35.0 Å². The number of nitrogen functional groups attached to an aromatic ring is 1. The first-order valence-corrected chi connectivity index (χ1v) is 13.7. The zero-order chi connectivity index (χ0) is 29.5. The number of hydrogen-bond donors (Lipinski definition) is 1. The van der Waals surface area contributed by atoms with Gasteiger partial charge >= 0.3 is 0 Å². The molecule has 0 radical (unpaired) electrons. The van der Waals surface area contributed by atoms with Gasteiger partial charge < -0.3 is 19.8 Å². The van der Waals surface area contributed by atoms with Crippen LogP contribution < -0.4 is 10.6 Å². The minimum Gasteiger partial charge on any atom is -0.446 e. The van der Waals surface area contributed by atoms with E-state index >= 15 is 0 Å². The van der Waals surface area contributed by atoms with Gasteiger partial charge in [0.2, 0.25) is 17.7 Å². The Morgan fingerprint density at radius 3 is 2.67 bits per heavy atom. The molecule has 43 heavy (non-hydrogen) atoms. The molecule has 13 nitrogen and oxygen atoms in total. The van der Waals surface area contributed by atoms with Crippen LogP contribution >= 0.6 is 0 Å². The second-order valence-electron chi connectivity index (χ2n) is 10.1. The number of aromatic nitrogens is 8. The summed E-state index contributed by atoms with van der Waals surface area (Å²) in [6, 6.07) is 7.77. The summed E-state index contributed by atoms with van der Waals surface area (Å²) in [4.78, 5) is 21.8. The Bertz CT molecular complexity index is 1930. The highest BCUT2D eigenvalue weighted by atomic mass is 19.1. The molecule has 1 saturated heterocycles. The van der Waals surface area contributed by atoms with Crippen molar-refractivity contribution in [2.45, 2.75) is 13.2 Å². The molecule has 0 bridgehead atoms. The second-order valence-corrected chi connectivity index (χ2v) is 10.1. The summed E-state index contributed by atoms with van der Waals surface area (Å²) >= 11 is 0. The van der Waals surface area contributed by atoms with Crippen molar-refractivity contribution in [3.8, 4) is 22.8 Å². The van der Waals surface area contributed by atoms with E-state index in [4.69, 9.17) is 14.9 Å². The number of nitrogens with zero attached hydrogens (tertiary/aromatic N) is 10. The summed E-state index contributed by atoms with van der Waals surface area (Å²) in [5.41, 5.74) is 9.16. The normalized spacial score (nSPS) is 14.3. The summed E-state index contributed by atoms with van der Waals surface area (Å²) in [5.74, 6) is -0.117. The van der Waals surface area contributed by atoms with Crippen molar-refractivity contribution in [3.63, 3.8) is 0 Å². The average Bonchev–Trinajstić information content (AvgIpc) is 3.76. The van der Waals surface area contributed by atoms with E-state index in [1.54, 1.807) is 30.3 Å². The molecule has 6 heterocycles. The minimum absolute atomic E-state index is 0.0336. The minimum atomic E-state index is -0.529. The molecular weight excluding hydrogens is 560 g/mol. The molecule has 15 heteroatoms. The second kappa shape index (κ2) is 11.0. The first-order valence-electron chi connectivity index (χ1n) is 13.7. The van der Waals surface area contributed by atoms with E-state index in [1.807, 2.05) is 11.0 Å². The molecule has 7 rings (SSSR count). The zero-order valence-electron chi connectivity index (χ0n) is 23.2. The van der Waals surface area contributed by atoms with Crippen LogP contribution in [-0.4, -0.2) is 84.1 Å². The fraction of sp³-hybridized carbons (Fsp3) is 0.286. The van der Waals surface area contributed by atoms with E-state index in [-0.39, 0.29) is 29.9 Å². The molecule has 6 aromatic rings. The maximum atomic E-state index is 14.9. The van der Waals surface area contributed by atoms with Gasteiger partial charge in [0.1, 0.15) is 30.1 Å². The number of oxazole rings is 1. The van der Waals surface area contributed by atoms with Crippen molar-refractivity contribution in [3.05, 3.63) is 66.5 Å². The summed E-state index contributed by atoms with van der Waals surface area (Å²) in [6.45, 7) is 4.34. The summed E-state index contributed by atoms with van der Waals surface area (Å²) in [5, 5.41) is 9.48. The molecule has 5 aromatic heterocycles. The lowest BCUT2D eigenvalue weighted by atomic mass is 10.1. The SMILES string of the molecule is COCc1nc(-c2ccc(F)c(N3CCN(CCn4ncc5c4nc(N)n4nc(-c6ncccc6F)nc54)CC3)c2)co1. The first kappa shape index (κ1) is 26.9. The lowest BCUT2D eigenvalue weighted by Gasteiger charge is -2.36. The first-order chi connectivity index (χ1) is 21.0. The van der Waals surface area contributed by atoms with Gasteiger partial charge in [-0.25, -0.2) is 28.4 Å². The zero-order valence-corrected chi connectivity index (χ0v) is 23.2. The third-order valence-electron chi connectivity index (χ3n) is 7.47. The monoisotopic (exact) mass is 587 g/mol. The van der Waals surface area contributed by atoms with Crippen LogP contribution in [0.5, 0.6) is 0 Å². The molecule has 1 aromatic carbocycles. The predicted octanol–water partition coefficient (Wildman–Crippen LogP) is 3.02. The van der Waals surface area contributed by atoms with Crippen LogP contribution in [0.3, 0.4) is 0 Å². The van der Waals surface area contributed by atoms with Gasteiger partial charge in [-0.3, -0.25) is 4.90 Å². The number of nitrogens with two attached hydrogens (primary N) is 1. The van der Waals surface area contributed by atoms with Gasteiger partial charge in [-0.2, -0.15) is 14.6 Å². The van der Waals surface area contributed by atoms with Gasteiger partial charge in [0, 0.05) is 51.6 Å². The standard InChI is InChI=1S/C28H27F2N11O2/c1-42-16-23-34-21(15-43-23)17-4-5-19(29)22(13-17)39-10-7-38(8-11-39)9-12-40-26-18(14-33-40)27-35-25(37-41(27)28(31)36-26)24-20(30)3-2-6-32-24/h2-6,13-15H,7-12,16H2,1H3,(H2,31,36). The largest absolute Gasteiger partial charge is 0.446 e. The van der Waals surface area contributed by atoms with Gasteiger partial charge in [-0.05, 0) is 30.3 Å². The van der Waals surface area contributed by atoms with Crippen LogP contribution in [0.1, 0.15) is 5.89 Å². The van der Waals surface area contributed by atoms with Gasteiger partial charge in [0.15, 0.2) is 17.1 Å². The van der Waals surface area contributed by atoms with E-state index < -0.39 is 5.82 Å². The van der Waals surface area contributed by atoms with Crippen molar-refractivity contribution in [1.82, 2.24) is 44.2 Å². The number of fused-ring (bicyclic) bond motifs is 3. The molecule has 220 valence electrons. The Morgan fingerprint density at radius 2 is 1.86 bits per heavy atom. The Labute approximate surface area is 243 Å².